The molecule has 1 amide bonds. The first-order valence-corrected chi connectivity index (χ1v) is 8.20. The van der Waals surface area contributed by atoms with Crippen LogP contribution in [0.4, 0.5) is 0 Å². The highest BCUT2D eigenvalue weighted by atomic mass is 16.5. The van der Waals surface area contributed by atoms with Gasteiger partial charge in [0.15, 0.2) is 0 Å². The van der Waals surface area contributed by atoms with E-state index in [-0.39, 0.29) is 0 Å². The van der Waals surface area contributed by atoms with Gasteiger partial charge in [-0.25, -0.2) is 5.48 Å². The second-order valence-electron chi connectivity index (χ2n) is 7.03. The van der Waals surface area contributed by atoms with Crippen LogP contribution in [0.2, 0.25) is 0 Å². The molecule has 0 radical (unpaired) electrons. The molecule has 1 unspecified atom stereocenters. The smallest absolute Gasteiger partial charge is 0.276 e. The van der Waals surface area contributed by atoms with Crippen LogP contribution in [0, 0.1) is 0 Å². The molecule has 1 saturated carbocycles. The van der Waals surface area contributed by atoms with E-state index in [2.05, 4.69) is 14.8 Å². The van der Waals surface area contributed by atoms with E-state index >= 15 is 0 Å². The molecule has 116 valence electrons. The summed E-state index contributed by atoms with van der Waals surface area (Å²) in [5.41, 5.74) is 4.82. The second kappa shape index (κ2) is 4.28. The van der Waals surface area contributed by atoms with Gasteiger partial charge in [-0.05, 0) is 43.7 Å². The van der Waals surface area contributed by atoms with Gasteiger partial charge in [-0.1, -0.05) is 0 Å². The first-order valence-electron chi connectivity index (χ1n) is 8.20. The first kappa shape index (κ1) is 13.0. The molecule has 3 fully saturated rings. The van der Waals surface area contributed by atoms with Crippen molar-refractivity contribution in [1.82, 2.24) is 20.3 Å². The number of carbonyl (C=O) groups excluding carboxylic acids is 1. The van der Waals surface area contributed by atoms with Crippen molar-refractivity contribution < 1.29 is 10.0 Å². The fourth-order valence-corrected chi connectivity index (χ4v) is 5.32. The maximum atomic E-state index is 11.6. The summed E-state index contributed by atoms with van der Waals surface area (Å²) in [5.74, 6) is -0.484. The lowest BCUT2D eigenvalue weighted by Crippen LogP contribution is -2.56. The molecule has 6 nitrogen and oxygen atoms in total. The van der Waals surface area contributed by atoms with Gasteiger partial charge >= 0.3 is 0 Å². The predicted octanol–water partition coefficient (Wildman–Crippen LogP) is 1.07. The molecule has 0 bridgehead atoms. The molecule has 1 aliphatic carbocycles. The third-order valence-corrected chi connectivity index (χ3v) is 6.31. The Hall–Kier alpha value is -1.50. The number of amides is 1. The molecule has 5 rings (SSSR count). The quantitative estimate of drug-likeness (QED) is 0.600. The molecule has 2 saturated heterocycles. The molecular weight excluding hydrogens is 280 g/mol. The van der Waals surface area contributed by atoms with E-state index in [1.165, 1.54) is 25.7 Å². The summed E-state index contributed by atoms with van der Waals surface area (Å²) in [4.78, 5) is 21.6. The number of nitrogens with one attached hydrogen (secondary N) is 1. The van der Waals surface area contributed by atoms with Gasteiger partial charge in [0.05, 0.1) is 11.3 Å². The lowest BCUT2D eigenvalue weighted by atomic mass is 9.71. The number of hydrogen-bond donors (Lipinski definition) is 2. The van der Waals surface area contributed by atoms with E-state index < -0.39 is 5.91 Å². The van der Waals surface area contributed by atoms with Gasteiger partial charge in [0.2, 0.25) is 0 Å². The van der Waals surface area contributed by atoms with Gasteiger partial charge in [-0.15, -0.1) is 0 Å². The van der Waals surface area contributed by atoms with Crippen molar-refractivity contribution in [2.45, 2.75) is 49.9 Å². The molecule has 22 heavy (non-hydrogen) atoms. The summed E-state index contributed by atoms with van der Waals surface area (Å²) in [5, 5.41) is 8.80. The van der Waals surface area contributed by atoms with Crippen molar-refractivity contribution in [2.24, 2.45) is 0 Å². The van der Waals surface area contributed by atoms with Crippen LogP contribution in [0.1, 0.15) is 53.5 Å². The van der Waals surface area contributed by atoms with Crippen molar-refractivity contribution in [2.75, 3.05) is 13.1 Å². The van der Waals surface area contributed by atoms with E-state index in [4.69, 9.17) is 5.21 Å². The van der Waals surface area contributed by atoms with E-state index in [1.54, 1.807) is 11.7 Å². The minimum atomic E-state index is -0.484. The van der Waals surface area contributed by atoms with Crippen molar-refractivity contribution >= 4 is 5.91 Å². The number of rotatable bonds is 1. The summed E-state index contributed by atoms with van der Waals surface area (Å²) < 4.78 is 0. The van der Waals surface area contributed by atoms with Crippen molar-refractivity contribution in [3.8, 4) is 0 Å². The lowest BCUT2D eigenvalue weighted by molar-refractivity contribution is 0.0691. The van der Waals surface area contributed by atoms with Crippen LogP contribution in [0.15, 0.2) is 12.3 Å². The van der Waals surface area contributed by atoms with Gasteiger partial charge in [-0.2, -0.15) is 0 Å². The molecule has 6 heteroatoms. The van der Waals surface area contributed by atoms with Crippen LogP contribution in [0.5, 0.6) is 0 Å². The topological polar surface area (TPSA) is 68.7 Å². The Morgan fingerprint density at radius 2 is 2.32 bits per heavy atom. The fourth-order valence-electron chi connectivity index (χ4n) is 5.32. The zero-order valence-electron chi connectivity index (χ0n) is 12.5. The van der Waals surface area contributed by atoms with E-state index in [9.17, 15) is 4.79 Å². The molecule has 0 aromatic carbocycles. The van der Waals surface area contributed by atoms with E-state index in [0.717, 1.165) is 30.8 Å². The summed E-state index contributed by atoms with van der Waals surface area (Å²) in [6.45, 7) is 2.21. The Balaban J connectivity index is 1.57. The first-order chi connectivity index (χ1) is 10.7. The molecule has 1 aromatic heterocycles. The number of fused-ring (bicyclic) bond motifs is 5. The summed E-state index contributed by atoms with van der Waals surface area (Å²) >= 11 is 0. The Bertz CT molecular complexity index is 664. The zero-order valence-corrected chi connectivity index (χ0v) is 12.5. The van der Waals surface area contributed by atoms with Gasteiger partial charge < -0.3 is 0 Å². The van der Waals surface area contributed by atoms with Crippen molar-refractivity contribution in [3.05, 3.63) is 29.1 Å². The van der Waals surface area contributed by atoms with E-state index in [0.29, 0.717) is 23.3 Å². The SMILES string of the molecule is O=C(NO)c1cnc2c(c1)CCN1C2N2CCC[C@@]23CC[C@@H]13. The Kier molecular flexibility index (Phi) is 2.52. The number of hydroxylamine groups is 1. The molecule has 1 aromatic rings. The van der Waals surface area contributed by atoms with Crippen LogP contribution < -0.4 is 5.48 Å². The second-order valence-corrected chi connectivity index (χ2v) is 7.03. The monoisotopic (exact) mass is 300 g/mol. The maximum Gasteiger partial charge on any atom is 0.276 e. The van der Waals surface area contributed by atoms with Gasteiger partial charge in [0, 0.05) is 30.9 Å². The average molecular weight is 300 g/mol. The third-order valence-electron chi connectivity index (χ3n) is 6.31. The maximum absolute atomic E-state index is 11.6. The average Bonchev–Trinajstić information content (AvgIpc) is 3.05. The molecule has 3 atom stereocenters. The predicted molar refractivity (Wildman–Crippen MR) is 78.3 cm³/mol. The van der Waals surface area contributed by atoms with Crippen LogP contribution in [0.3, 0.4) is 0 Å². The Labute approximate surface area is 129 Å². The number of nitrogens with zero attached hydrogens (tertiary/aromatic N) is 3. The number of carbonyl (C=O) groups is 1. The third kappa shape index (κ3) is 1.41. The molecule has 4 heterocycles. The Morgan fingerprint density at radius 1 is 1.41 bits per heavy atom. The standard InChI is InChI=1S/C16H20N4O2/c21-14(18-22)11-8-10-3-7-19-12-2-5-16(12)4-1-6-20(16)15(19)13(10)17-9-11/h8-9,12,15,22H,1-7H2,(H,18,21)/t12-,15?,16+/m1/s1. The van der Waals surface area contributed by atoms with Crippen LogP contribution >= 0.6 is 0 Å². The minimum Gasteiger partial charge on any atom is -0.288 e. The minimum absolute atomic E-state index is 0.296. The number of aromatic nitrogens is 1. The van der Waals surface area contributed by atoms with Crippen LogP contribution in [-0.4, -0.2) is 50.6 Å². The summed E-state index contributed by atoms with van der Waals surface area (Å²) in [7, 11) is 0. The summed E-state index contributed by atoms with van der Waals surface area (Å²) in [6.07, 6.45) is 8.08. The lowest BCUT2D eigenvalue weighted by Gasteiger charge is -2.47. The molecular formula is C16H20N4O2. The van der Waals surface area contributed by atoms with Gasteiger partial charge in [-0.3, -0.25) is 24.8 Å². The van der Waals surface area contributed by atoms with Crippen LogP contribution in [-0.2, 0) is 6.42 Å². The van der Waals surface area contributed by atoms with E-state index in [1.807, 2.05) is 6.07 Å². The highest BCUT2D eigenvalue weighted by Crippen LogP contribution is 2.59. The van der Waals surface area contributed by atoms with Gasteiger partial charge in [0.25, 0.3) is 5.91 Å². The summed E-state index contributed by atoms with van der Waals surface area (Å²) in [6, 6.07) is 2.60. The molecule has 1 spiro atoms. The highest BCUT2D eigenvalue weighted by Gasteiger charge is 2.65. The van der Waals surface area contributed by atoms with Gasteiger partial charge in [0.1, 0.15) is 6.17 Å². The molecule has 3 aliphatic heterocycles. The number of hydrogen-bond acceptors (Lipinski definition) is 5. The van der Waals surface area contributed by atoms with Crippen molar-refractivity contribution in [3.63, 3.8) is 0 Å². The molecule has 2 N–H and O–H groups in total. The largest absolute Gasteiger partial charge is 0.288 e. The zero-order chi connectivity index (χ0) is 14.9. The number of pyridine rings is 1. The fraction of sp³-hybridized carbons (Fsp3) is 0.625. The molecule has 4 aliphatic rings. The normalized spacial score (nSPS) is 36.0. The Morgan fingerprint density at radius 3 is 3.09 bits per heavy atom. The highest BCUT2D eigenvalue weighted by molar-refractivity contribution is 5.93. The van der Waals surface area contributed by atoms with Crippen molar-refractivity contribution in [1.29, 1.82) is 0 Å². The van der Waals surface area contributed by atoms with Crippen LogP contribution in [0.25, 0.3) is 0 Å².